The molecule has 1 heterocycles. The van der Waals surface area contributed by atoms with Gasteiger partial charge in [0.2, 0.25) is 0 Å². The smallest absolute Gasteiger partial charge is 0.122 e. The van der Waals surface area contributed by atoms with Gasteiger partial charge in [0.15, 0.2) is 0 Å². The lowest BCUT2D eigenvalue weighted by atomic mass is 10.00. The van der Waals surface area contributed by atoms with Crippen molar-refractivity contribution in [1.82, 2.24) is 4.98 Å². The quantitative estimate of drug-likeness (QED) is 0.467. The van der Waals surface area contributed by atoms with Crippen LogP contribution in [0.1, 0.15) is 54.8 Å². The van der Waals surface area contributed by atoms with E-state index in [0.29, 0.717) is 13.0 Å². The number of aliphatic hydroxyl groups is 1. The van der Waals surface area contributed by atoms with Crippen LogP contribution in [0.4, 0.5) is 0 Å². The molecular weight excluding hydrogens is 410 g/mol. The third-order valence-corrected chi connectivity index (χ3v) is 6.93. The summed E-state index contributed by atoms with van der Waals surface area (Å²) in [6, 6.07) is 11.8. The van der Waals surface area contributed by atoms with Crippen molar-refractivity contribution in [2.24, 2.45) is 0 Å². The Labute approximate surface area is 188 Å². The number of ether oxygens (including phenoxy) is 3. The molecular formula is C25H31NO4S. The Bertz CT molecular complexity index is 1010. The van der Waals surface area contributed by atoms with E-state index in [1.165, 1.54) is 12.8 Å². The molecule has 31 heavy (non-hydrogen) atoms. The second kappa shape index (κ2) is 9.98. The van der Waals surface area contributed by atoms with Gasteiger partial charge in [-0.15, -0.1) is 11.3 Å². The van der Waals surface area contributed by atoms with Crippen molar-refractivity contribution in [3.05, 3.63) is 52.5 Å². The number of thiazole rings is 1. The van der Waals surface area contributed by atoms with Gasteiger partial charge in [-0.05, 0) is 62.1 Å². The molecule has 0 spiro atoms. The van der Waals surface area contributed by atoms with Crippen LogP contribution in [0.2, 0.25) is 0 Å². The second-order valence-corrected chi connectivity index (χ2v) is 9.24. The lowest BCUT2D eigenvalue weighted by Crippen LogP contribution is -2.29. The Morgan fingerprint density at radius 1 is 1.16 bits per heavy atom. The van der Waals surface area contributed by atoms with Gasteiger partial charge in [-0.25, -0.2) is 4.98 Å². The first-order chi connectivity index (χ1) is 15.1. The van der Waals surface area contributed by atoms with E-state index in [4.69, 9.17) is 19.2 Å². The fourth-order valence-electron chi connectivity index (χ4n) is 4.21. The molecule has 0 radical (unpaired) electrons. The summed E-state index contributed by atoms with van der Waals surface area (Å²) in [6.45, 7) is 4.62. The number of fused-ring (bicyclic) bond motifs is 1. The van der Waals surface area contributed by atoms with Gasteiger partial charge in [-0.1, -0.05) is 25.0 Å². The molecule has 1 fully saturated rings. The van der Waals surface area contributed by atoms with E-state index in [1.807, 2.05) is 50.2 Å². The van der Waals surface area contributed by atoms with Crippen molar-refractivity contribution in [3.8, 4) is 11.5 Å². The largest absolute Gasteiger partial charge is 0.496 e. The fourth-order valence-corrected chi connectivity index (χ4v) is 5.25. The summed E-state index contributed by atoms with van der Waals surface area (Å²) in [5.41, 5.74) is 2.81. The SMILES string of the molecule is CCOc1ccc2nc(C[C@H](OC3CCCC3)[C@H](O)c3ccc(C)c(OC)c3)sc2c1. The van der Waals surface area contributed by atoms with Crippen LogP contribution in [0, 0.1) is 6.92 Å². The van der Waals surface area contributed by atoms with Crippen LogP contribution >= 0.6 is 11.3 Å². The number of aromatic nitrogens is 1. The summed E-state index contributed by atoms with van der Waals surface area (Å²) in [6.07, 6.45) is 4.14. The van der Waals surface area contributed by atoms with Gasteiger partial charge >= 0.3 is 0 Å². The van der Waals surface area contributed by atoms with Gasteiger partial charge in [0.25, 0.3) is 0 Å². The Balaban J connectivity index is 1.59. The summed E-state index contributed by atoms with van der Waals surface area (Å²) in [5.74, 6) is 1.63. The highest BCUT2D eigenvalue weighted by Crippen LogP contribution is 2.33. The average molecular weight is 442 g/mol. The molecule has 2 atom stereocenters. The second-order valence-electron chi connectivity index (χ2n) is 8.13. The highest BCUT2D eigenvalue weighted by molar-refractivity contribution is 7.18. The highest BCUT2D eigenvalue weighted by atomic mass is 32.1. The summed E-state index contributed by atoms with van der Waals surface area (Å²) in [5, 5.41) is 12.2. The molecule has 0 saturated heterocycles. The van der Waals surface area contributed by atoms with Crippen molar-refractivity contribution in [2.45, 2.75) is 64.3 Å². The molecule has 1 aliphatic rings. The minimum absolute atomic E-state index is 0.200. The third-order valence-electron chi connectivity index (χ3n) is 5.89. The van der Waals surface area contributed by atoms with Crippen molar-refractivity contribution in [1.29, 1.82) is 0 Å². The van der Waals surface area contributed by atoms with Gasteiger partial charge in [-0.2, -0.15) is 0 Å². The van der Waals surface area contributed by atoms with Gasteiger partial charge in [0, 0.05) is 6.42 Å². The average Bonchev–Trinajstić information content (AvgIpc) is 3.42. The molecule has 4 rings (SSSR count). The van der Waals surface area contributed by atoms with E-state index in [9.17, 15) is 5.11 Å². The van der Waals surface area contributed by atoms with Gasteiger partial charge in [-0.3, -0.25) is 0 Å². The van der Waals surface area contributed by atoms with E-state index in [1.54, 1.807) is 18.4 Å². The summed E-state index contributed by atoms with van der Waals surface area (Å²) < 4.78 is 18.6. The van der Waals surface area contributed by atoms with Crippen LogP contribution in [0.3, 0.4) is 0 Å². The van der Waals surface area contributed by atoms with Crippen LogP contribution in [-0.2, 0) is 11.2 Å². The maximum absolute atomic E-state index is 11.3. The first-order valence-electron chi connectivity index (χ1n) is 11.1. The van der Waals surface area contributed by atoms with Crippen LogP contribution in [0.25, 0.3) is 10.2 Å². The third kappa shape index (κ3) is 5.20. The van der Waals surface area contributed by atoms with Crippen LogP contribution in [0.5, 0.6) is 11.5 Å². The zero-order valence-corrected chi connectivity index (χ0v) is 19.3. The first kappa shape index (κ1) is 22.1. The Kier molecular flexibility index (Phi) is 7.10. The molecule has 1 aliphatic carbocycles. The molecule has 1 N–H and O–H groups in total. The predicted molar refractivity (Wildman–Crippen MR) is 124 cm³/mol. The molecule has 166 valence electrons. The minimum atomic E-state index is -0.749. The zero-order chi connectivity index (χ0) is 21.8. The number of aryl methyl sites for hydroxylation is 1. The lowest BCUT2D eigenvalue weighted by molar-refractivity contribution is -0.0753. The summed E-state index contributed by atoms with van der Waals surface area (Å²) >= 11 is 1.64. The number of methoxy groups -OCH3 is 1. The molecule has 6 heteroatoms. The minimum Gasteiger partial charge on any atom is -0.496 e. The Morgan fingerprint density at radius 2 is 1.97 bits per heavy atom. The maximum Gasteiger partial charge on any atom is 0.122 e. The lowest BCUT2D eigenvalue weighted by Gasteiger charge is -2.26. The van der Waals surface area contributed by atoms with Gasteiger partial charge < -0.3 is 19.3 Å². The van der Waals surface area contributed by atoms with Crippen molar-refractivity contribution in [3.63, 3.8) is 0 Å². The van der Waals surface area contributed by atoms with E-state index >= 15 is 0 Å². The van der Waals surface area contributed by atoms with Crippen LogP contribution in [0.15, 0.2) is 36.4 Å². The highest BCUT2D eigenvalue weighted by Gasteiger charge is 2.29. The number of rotatable bonds is 9. The van der Waals surface area contributed by atoms with Gasteiger partial charge in [0.05, 0.1) is 41.1 Å². The summed E-state index contributed by atoms with van der Waals surface area (Å²) in [7, 11) is 1.66. The van der Waals surface area contributed by atoms with E-state index in [0.717, 1.165) is 50.7 Å². The van der Waals surface area contributed by atoms with Crippen molar-refractivity contribution >= 4 is 21.6 Å². The normalized spacial score (nSPS) is 16.5. The van der Waals surface area contributed by atoms with Crippen LogP contribution < -0.4 is 9.47 Å². The molecule has 5 nitrogen and oxygen atoms in total. The Hall–Kier alpha value is -2.15. The number of hydrogen-bond donors (Lipinski definition) is 1. The molecule has 0 aliphatic heterocycles. The van der Waals surface area contributed by atoms with Crippen molar-refractivity contribution in [2.75, 3.05) is 13.7 Å². The standard InChI is InChI=1S/C25H31NO4S/c1-4-29-19-11-12-20-23(14-19)31-24(26-20)15-22(30-18-7-5-6-8-18)25(27)17-10-9-16(2)21(13-17)28-3/h9-14,18,22,25,27H,4-8,15H2,1-3H3/t22-,25+/m0/s1. The molecule has 1 aromatic heterocycles. The topological polar surface area (TPSA) is 60.8 Å². The van der Waals surface area contributed by atoms with Crippen molar-refractivity contribution < 1.29 is 19.3 Å². The molecule has 0 unspecified atom stereocenters. The predicted octanol–water partition coefficient (Wildman–Crippen LogP) is 5.62. The molecule has 0 amide bonds. The number of nitrogens with zero attached hydrogens (tertiary/aromatic N) is 1. The number of benzene rings is 2. The van der Waals surface area contributed by atoms with E-state index < -0.39 is 6.10 Å². The van der Waals surface area contributed by atoms with Crippen LogP contribution in [-0.4, -0.2) is 36.0 Å². The number of hydrogen-bond acceptors (Lipinski definition) is 6. The van der Waals surface area contributed by atoms with E-state index in [2.05, 4.69) is 0 Å². The zero-order valence-electron chi connectivity index (χ0n) is 18.5. The summed E-state index contributed by atoms with van der Waals surface area (Å²) in [4.78, 5) is 4.80. The van der Waals surface area contributed by atoms with E-state index in [-0.39, 0.29) is 12.2 Å². The molecule has 3 aromatic rings. The molecule has 2 aromatic carbocycles. The monoisotopic (exact) mass is 441 g/mol. The Morgan fingerprint density at radius 3 is 2.71 bits per heavy atom. The first-order valence-corrected chi connectivity index (χ1v) is 11.9. The molecule has 0 bridgehead atoms. The molecule has 1 saturated carbocycles. The fraction of sp³-hybridized carbons (Fsp3) is 0.480. The maximum atomic E-state index is 11.3. The number of aliphatic hydroxyl groups excluding tert-OH is 1. The van der Waals surface area contributed by atoms with Gasteiger partial charge in [0.1, 0.15) is 17.6 Å².